The van der Waals surface area contributed by atoms with Crippen molar-refractivity contribution in [3.05, 3.63) is 11.4 Å². The molecule has 0 spiro atoms. The van der Waals surface area contributed by atoms with Gasteiger partial charge in [-0.25, -0.2) is 4.63 Å². The zero-order valence-corrected chi connectivity index (χ0v) is 6.73. The summed E-state index contributed by atoms with van der Waals surface area (Å²) in [5, 5.41) is 10.2. The van der Waals surface area contributed by atoms with E-state index in [1.54, 1.807) is 0 Å². The van der Waals surface area contributed by atoms with Crippen LogP contribution in [-0.4, -0.2) is 17.4 Å². The monoisotopic (exact) mass is 163 g/mol. The van der Waals surface area contributed by atoms with E-state index in [4.69, 9.17) is 0 Å². The van der Waals surface area contributed by atoms with E-state index in [1.165, 1.54) is 0 Å². The molecule has 0 saturated carbocycles. The van der Waals surface area contributed by atoms with Gasteiger partial charge in [0.25, 0.3) is 0 Å². The number of nitrogens with one attached hydrogen (secondary N) is 1. The van der Waals surface area contributed by atoms with Crippen LogP contribution in [-0.2, 0) is 6.54 Å². The lowest BCUT2D eigenvalue weighted by molar-refractivity contribution is 0.300. The summed E-state index contributed by atoms with van der Waals surface area (Å²) in [6, 6.07) is 0. The molecule has 0 amide bonds. The Labute approximate surface area is 65.4 Å². The standard InChI is InChI=1S/C5H9N3O.ClH/c1-4-5(3-6-2)8-9-7-4;/h6H,3H2,1-2H3;1H. The van der Waals surface area contributed by atoms with E-state index in [9.17, 15) is 0 Å². The maximum atomic E-state index is 4.46. The van der Waals surface area contributed by atoms with Gasteiger partial charge in [0.15, 0.2) is 0 Å². The van der Waals surface area contributed by atoms with Crippen molar-refractivity contribution in [3.63, 3.8) is 0 Å². The van der Waals surface area contributed by atoms with Crippen molar-refractivity contribution < 1.29 is 4.63 Å². The van der Waals surface area contributed by atoms with Crippen LogP contribution < -0.4 is 5.32 Å². The molecule has 0 unspecified atom stereocenters. The molecule has 58 valence electrons. The molecular formula is C5H10ClN3O. The van der Waals surface area contributed by atoms with E-state index in [-0.39, 0.29) is 12.4 Å². The first-order chi connectivity index (χ1) is 4.34. The Morgan fingerprint density at radius 3 is 2.60 bits per heavy atom. The highest BCUT2D eigenvalue weighted by atomic mass is 35.5. The van der Waals surface area contributed by atoms with E-state index >= 15 is 0 Å². The van der Waals surface area contributed by atoms with E-state index in [0.717, 1.165) is 17.9 Å². The molecule has 0 bridgehead atoms. The molecule has 1 aromatic rings. The second-order valence-electron chi connectivity index (χ2n) is 1.83. The quantitative estimate of drug-likeness (QED) is 0.691. The molecule has 1 aromatic heterocycles. The lowest BCUT2D eigenvalue weighted by atomic mass is 10.3. The average molecular weight is 164 g/mol. The topological polar surface area (TPSA) is 51.0 Å². The van der Waals surface area contributed by atoms with Gasteiger partial charge in [-0.1, -0.05) is 10.3 Å². The minimum atomic E-state index is 0. The van der Waals surface area contributed by atoms with Crippen molar-refractivity contribution in [1.82, 2.24) is 15.6 Å². The zero-order chi connectivity index (χ0) is 6.69. The van der Waals surface area contributed by atoms with Crippen LogP contribution in [0.15, 0.2) is 4.63 Å². The molecule has 0 aromatic carbocycles. The van der Waals surface area contributed by atoms with Crippen LogP contribution in [0.2, 0.25) is 0 Å². The molecule has 0 aliphatic heterocycles. The third-order valence-corrected chi connectivity index (χ3v) is 1.09. The van der Waals surface area contributed by atoms with Gasteiger partial charge >= 0.3 is 0 Å². The highest BCUT2D eigenvalue weighted by Gasteiger charge is 2.00. The molecular weight excluding hydrogens is 154 g/mol. The van der Waals surface area contributed by atoms with Crippen molar-refractivity contribution in [1.29, 1.82) is 0 Å². The molecule has 1 heterocycles. The van der Waals surface area contributed by atoms with E-state index in [0.29, 0.717) is 0 Å². The maximum absolute atomic E-state index is 4.46. The fourth-order valence-electron chi connectivity index (χ4n) is 0.577. The van der Waals surface area contributed by atoms with Crippen LogP contribution in [0.3, 0.4) is 0 Å². The largest absolute Gasteiger partial charge is 0.314 e. The summed E-state index contributed by atoms with van der Waals surface area (Å²) in [4.78, 5) is 0. The summed E-state index contributed by atoms with van der Waals surface area (Å²) in [5.41, 5.74) is 1.72. The fourth-order valence-corrected chi connectivity index (χ4v) is 0.577. The number of aryl methyl sites for hydroxylation is 1. The van der Waals surface area contributed by atoms with Gasteiger partial charge in [-0.3, -0.25) is 0 Å². The van der Waals surface area contributed by atoms with E-state index in [2.05, 4.69) is 20.3 Å². The lowest BCUT2D eigenvalue weighted by Crippen LogP contribution is -2.06. The van der Waals surface area contributed by atoms with Crippen molar-refractivity contribution in [2.45, 2.75) is 13.5 Å². The minimum absolute atomic E-state index is 0. The van der Waals surface area contributed by atoms with Gasteiger partial charge in [0.05, 0.1) is 0 Å². The average Bonchev–Trinajstić information content (AvgIpc) is 2.18. The number of hydrogen-bond acceptors (Lipinski definition) is 4. The van der Waals surface area contributed by atoms with Gasteiger partial charge in [0.1, 0.15) is 11.4 Å². The smallest absolute Gasteiger partial charge is 0.121 e. The van der Waals surface area contributed by atoms with Crippen LogP contribution in [0.4, 0.5) is 0 Å². The first kappa shape index (κ1) is 9.39. The molecule has 0 saturated heterocycles. The second-order valence-corrected chi connectivity index (χ2v) is 1.83. The predicted molar refractivity (Wildman–Crippen MR) is 39.0 cm³/mol. The third kappa shape index (κ3) is 1.97. The number of aromatic nitrogens is 2. The molecule has 0 aliphatic carbocycles. The van der Waals surface area contributed by atoms with E-state index < -0.39 is 0 Å². The van der Waals surface area contributed by atoms with E-state index in [1.807, 2.05) is 14.0 Å². The fraction of sp³-hybridized carbons (Fsp3) is 0.600. The molecule has 0 aliphatic rings. The predicted octanol–water partition coefficient (Wildman–Crippen LogP) is 0.519. The molecule has 4 nitrogen and oxygen atoms in total. The van der Waals surface area contributed by atoms with Crippen LogP contribution >= 0.6 is 12.4 Å². The van der Waals surface area contributed by atoms with Gasteiger partial charge in [-0.05, 0) is 14.0 Å². The molecule has 0 fully saturated rings. The SMILES string of the molecule is CNCc1nonc1C.Cl. The Kier molecular flexibility index (Phi) is 3.99. The van der Waals surface area contributed by atoms with Gasteiger partial charge in [0.2, 0.25) is 0 Å². The molecule has 10 heavy (non-hydrogen) atoms. The summed E-state index contributed by atoms with van der Waals surface area (Å²) in [6.07, 6.45) is 0. The second kappa shape index (κ2) is 4.24. The van der Waals surface area contributed by atoms with Crippen molar-refractivity contribution in [3.8, 4) is 0 Å². The number of halogens is 1. The summed E-state index contributed by atoms with van der Waals surface area (Å²) >= 11 is 0. The van der Waals surface area contributed by atoms with Crippen LogP contribution in [0.5, 0.6) is 0 Å². The molecule has 1 N–H and O–H groups in total. The number of hydrogen-bond donors (Lipinski definition) is 1. The zero-order valence-electron chi connectivity index (χ0n) is 5.92. The lowest BCUT2D eigenvalue weighted by Gasteiger charge is -1.89. The molecule has 5 heteroatoms. The minimum Gasteiger partial charge on any atom is -0.314 e. The summed E-state index contributed by atoms with van der Waals surface area (Å²) in [5.74, 6) is 0. The van der Waals surface area contributed by atoms with Crippen LogP contribution in [0, 0.1) is 6.92 Å². The Hall–Kier alpha value is -0.610. The van der Waals surface area contributed by atoms with Crippen LogP contribution in [0.1, 0.15) is 11.4 Å². The Balaban J connectivity index is 0.000000810. The summed E-state index contributed by atoms with van der Waals surface area (Å²) < 4.78 is 4.46. The molecule has 1 rings (SSSR count). The molecule has 0 atom stereocenters. The first-order valence-corrected chi connectivity index (χ1v) is 2.77. The third-order valence-electron chi connectivity index (χ3n) is 1.09. The van der Waals surface area contributed by atoms with Gasteiger partial charge in [0, 0.05) is 6.54 Å². The highest BCUT2D eigenvalue weighted by Crippen LogP contribution is 1.97. The maximum Gasteiger partial charge on any atom is 0.121 e. The van der Waals surface area contributed by atoms with Crippen molar-refractivity contribution in [2.75, 3.05) is 7.05 Å². The van der Waals surface area contributed by atoms with Gasteiger partial charge in [-0.15, -0.1) is 12.4 Å². The number of nitrogens with zero attached hydrogens (tertiary/aromatic N) is 2. The summed E-state index contributed by atoms with van der Waals surface area (Å²) in [6.45, 7) is 2.58. The highest BCUT2D eigenvalue weighted by molar-refractivity contribution is 5.85. The summed E-state index contributed by atoms with van der Waals surface area (Å²) in [7, 11) is 1.86. The van der Waals surface area contributed by atoms with Gasteiger partial charge in [-0.2, -0.15) is 0 Å². The van der Waals surface area contributed by atoms with Crippen molar-refractivity contribution in [2.24, 2.45) is 0 Å². The molecule has 0 radical (unpaired) electrons. The van der Waals surface area contributed by atoms with Crippen LogP contribution in [0.25, 0.3) is 0 Å². The number of rotatable bonds is 2. The Morgan fingerprint density at radius 2 is 2.20 bits per heavy atom. The van der Waals surface area contributed by atoms with Crippen molar-refractivity contribution >= 4 is 12.4 Å². The Morgan fingerprint density at radius 1 is 1.50 bits per heavy atom. The normalized spacial score (nSPS) is 9.00. The first-order valence-electron chi connectivity index (χ1n) is 2.77. The Bertz CT molecular complexity index is 189. The van der Waals surface area contributed by atoms with Gasteiger partial charge < -0.3 is 5.32 Å².